The summed E-state index contributed by atoms with van der Waals surface area (Å²) in [5, 5.41) is 3.22. The minimum absolute atomic E-state index is 0.197. The van der Waals surface area contributed by atoms with Crippen molar-refractivity contribution in [2.24, 2.45) is 0 Å². The molecule has 0 amide bonds. The summed E-state index contributed by atoms with van der Waals surface area (Å²) in [6.07, 6.45) is 0. The molecule has 1 aromatic carbocycles. The Morgan fingerprint density at radius 3 is 1.79 bits per heavy atom. The second kappa shape index (κ2) is 5.62. The van der Waals surface area contributed by atoms with Crippen LogP contribution in [-0.2, 0) is 0 Å². The fraction of sp³-hybridized carbons (Fsp3) is 0.154. The molecule has 0 bridgehead atoms. The third-order valence-corrected chi connectivity index (χ3v) is 8.44. The molecule has 0 fully saturated rings. The van der Waals surface area contributed by atoms with Crippen molar-refractivity contribution in [3.8, 4) is 0 Å². The highest BCUT2D eigenvalue weighted by molar-refractivity contribution is 7.02. The number of nitrogens with zero attached hydrogens (tertiary/aromatic N) is 1. The van der Waals surface area contributed by atoms with Gasteiger partial charge in [-0.25, -0.2) is 4.98 Å². The van der Waals surface area contributed by atoms with Crippen molar-refractivity contribution < 1.29 is 0 Å². The largest absolute Gasteiger partial charge is 0.221 e. The molecule has 19 heavy (non-hydrogen) atoms. The van der Waals surface area contributed by atoms with E-state index in [1.54, 1.807) is 0 Å². The van der Waals surface area contributed by atoms with Gasteiger partial charge in [0.05, 0.1) is 10.0 Å². The van der Waals surface area contributed by atoms with E-state index in [4.69, 9.17) is 46.4 Å². The first-order valence-electron chi connectivity index (χ1n) is 5.61. The van der Waals surface area contributed by atoms with Gasteiger partial charge in [-0.1, -0.05) is 95.0 Å². The van der Waals surface area contributed by atoms with E-state index in [1.807, 2.05) is 18.2 Å². The highest BCUT2D eigenvalue weighted by atomic mass is 35.5. The summed E-state index contributed by atoms with van der Waals surface area (Å²) in [6.45, 7) is 4.31. The van der Waals surface area contributed by atoms with Crippen LogP contribution in [0.5, 0.6) is 0 Å². The predicted octanol–water partition coefficient (Wildman–Crippen LogP) is 4.52. The van der Waals surface area contributed by atoms with Gasteiger partial charge in [0, 0.05) is 0 Å². The van der Waals surface area contributed by atoms with Crippen LogP contribution in [0.1, 0.15) is 0 Å². The van der Waals surface area contributed by atoms with Crippen LogP contribution in [0.3, 0.4) is 0 Å². The summed E-state index contributed by atoms with van der Waals surface area (Å²) >= 11 is 24.6. The molecule has 0 radical (unpaired) electrons. The molecule has 100 valence electrons. The standard InChI is InChI=1S/C13H11Cl4NSi/c1-19(2,8-6-4-3-5-7-8)11-9(14)12(16)18-13(17)10(11)15/h3-7H,1-2H3. The van der Waals surface area contributed by atoms with E-state index in [1.165, 1.54) is 5.19 Å². The van der Waals surface area contributed by atoms with Crippen molar-refractivity contribution >= 4 is 64.9 Å². The van der Waals surface area contributed by atoms with Gasteiger partial charge in [-0.3, -0.25) is 0 Å². The lowest BCUT2D eigenvalue weighted by atomic mass is 10.4. The molecule has 0 spiro atoms. The van der Waals surface area contributed by atoms with E-state index >= 15 is 0 Å². The normalized spacial score (nSPS) is 11.7. The molecule has 6 heteroatoms. The van der Waals surface area contributed by atoms with Crippen molar-refractivity contribution in [2.45, 2.75) is 13.1 Å². The second-order valence-corrected chi connectivity index (χ2v) is 10.5. The van der Waals surface area contributed by atoms with E-state index < -0.39 is 8.07 Å². The summed E-state index contributed by atoms with van der Waals surface area (Å²) in [5.41, 5.74) is 0. The third kappa shape index (κ3) is 2.79. The monoisotopic (exact) mass is 349 g/mol. The number of rotatable bonds is 2. The van der Waals surface area contributed by atoms with Gasteiger partial charge >= 0.3 is 0 Å². The molecule has 0 aliphatic heterocycles. The molecule has 0 aliphatic rings. The van der Waals surface area contributed by atoms with E-state index in [9.17, 15) is 0 Å². The highest BCUT2D eigenvalue weighted by Crippen LogP contribution is 2.29. The molecule has 0 unspecified atom stereocenters. The van der Waals surface area contributed by atoms with Gasteiger partial charge in [0.25, 0.3) is 0 Å². The first-order chi connectivity index (χ1) is 8.85. The van der Waals surface area contributed by atoms with Crippen LogP contribution in [0.2, 0.25) is 33.4 Å². The van der Waals surface area contributed by atoms with Crippen LogP contribution in [0, 0.1) is 0 Å². The lowest BCUT2D eigenvalue weighted by Crippen LogP contribution is -2.54. The van der Waals surface area contributed by atoms with Gasteiger partial charge in [-0.15, -0.1) is 0 Å². The van der Waals surface area contributed by atoms with Crippen molar-refractivity contribution in [2.75, 3.05) is 0 Å². The Bertz CT molecular complexity index is 588. The van der Waals surface area contributed by atoms with Crippen molar-refractivity contribution in [1.29, 1.82) is 0 Å². The van der Waals surface area contributed by atoms with Crippen LogP contribution in [0.25, 0.3) is 0 Å². The first kappa shape index (κ1) is 15.1. The zero-order chi connectivity index (χ0) is 14.2. The van der Waals surface area contributed by atoms with E-state index in [2.05, 4.69) is 30.2 Å². The van der Waals surface area contributed by atoms with E-state index in [0.29, 0.717) is 10.0 Å². The van der Waals surface area contributed by atoms with Crippen LogP contribution < -0.4 is 10.4 Å². The molecular formula is C13H11Cl4NSi. The summed E-state index contributed by atoms with van der Waals surface area (Å²) in [6, 6.07) is 10.1. The average molecular weight is 351 g/mol. The van der Waals surface area contributed by atoms with Crippen LogP contribution in [0.4, 0.5) is 0 Å². The fourth-order valence-electron chi connectivity index (χ4n) is 2.03. The molecule has 1 heterocycles. The number of halogens is 4. The minimum atomic E-state index is -2.08. The Hall–Kier alpha value is -0.253. The van der Waals surface area contributed by atoms with Crippen molar-refractivity contribution in [3.05, 3.63) is 50.7 Å². The maximum absolute atomic E-state index is 6.30. The molecule has 1 nitrogen and oxygen atoms in total. The Morgan fingerprint density at radius 2 is 1.32 bits per heavy atom. The molecule has 2 aromatic rings. The Labute approximate surface area is 133 Å². The zero-order valence-corrected chi connectivity index (χ0v) is 14.4. The molecule has 0 saturated heterocycles. The van der Waals surface area contributed by atoms with E-state index in [0.717, 1.165) is 5.19 Å². The van der Waals surface area contributed by atoms with Gasteiger partial charge < -0.3 is 0 Å². The third-order valence-electron chi connectivity index (χ3n) is 3.12. The SMILES string of the molecule is C[Si](C)(c1ccccc1)c1c(Cl)c(Cl)nc(Cl)c1Cl. The zero-order valence-electron chi connectivity index (χ0n) is 10.3. The summed E-state index contributed by atoms with van der Waals surface area (Å²) in [4.78, 5) is 3.93. The van der Waals surface area contributed by atoms with Crippen LogP contribution >= 0.6 is 46.4 Å². The Kier molecular flexibility index (Phi) is 4.48. The molecule has 0 N–H and O–H groups in total. The Morgan fingerprint density at radius 1 is 0.842 bits per heavy atom. The number of benzene rings is 1. The van der Waals surface area contributed by atoms with Gasteiger partial charge in [0.1, 0.15) is 18.4 Å². The number of hydrogen-bond acceptors (Lipinski definition) is 1. The minimum Gasteiger partial charge on any atom is -0.221 e. The van der Waals surface area contributed by atoms with Crippen LogP contribution in [-0.4, -0.2) is 13.1 Å². The maximum Gasteiger partial charge on any atom is 0.149 e. The van der Waals surface area contributed by atoms with Gasteiger partial charge in [-0.05, 0) is 5.19 Å². The quantitative estimate of drug-likeness (QED) is 0.573. The van der Waals surface area contributed by atoms with Gasteiger partial charge in [-0.2, -0.15) is 0 Å². The topological polar surface area (TPSA) is 12.9 Å². The second-order valence-electron chi connectivity index (χ2n) is 4.69. The average Bonchev–Trinajstić information content (AvgIpc) is 2.37. The number of hydrogen-bond donors (Lipinski definition) is 0. The molecular weight excluding hydrogens is 340 g/mol. The van der Waals surface area contributed by atoms with Crippen molar-refractivity contribution in [3.63, 3.8) is 0 Å². The fourth-order valence-corrected chi connectivity index (χ4v) is 6.98. The summed E-state index contributed by atoms with van der Waals surface area (Å²) in [7, 11) is -2.08. The number of pyridine rings is 1. The number of aromatic nitrogens is 1. The van der Waals surface area contributed by atoms with Gasteiger partial charge in [0.2, 0.25) is 0 Å². The van der Waals surface area contributed by atoms with Crippen molar-refractivity contribution in [1.82, 2.24) is 4.98 Å². The molecule has 0 saturated carbocycles. The lowest BCUT2D eigenvalue weighted by molar-refractivity contribution is 1.34. The first-order valence-corrected chi connectivity index (χ1v) is 10.1. The molecule has 1 aromatic heterocycles. The molecule has 0 atom stereocenters. The van der Waals surface area contributed by atoms with Crippen LogP contribution in [0.15, 0.2) is 30.3 Å². The Balaban J connectivity index is 2.71. The molecule has 0 aliphatic carbocycles. The summed E-state index contributed by atoms with van der Waals surface area (Å²) in [5.74, 6) is 0. The predicted molar refractivity (Wildman–Crippen MR) is 87.5 cm³/mol. The highest BCUT2D eigenvalue weighted by Gasteiger charge is 2.33. The summed E-state index contributed by atoms with van der Waals surface area (Å²) < 4.78 is 0. The lowest BCUT2D eigenvalue weighted by Gasteiger charge is -2.26. The molecule has 2 rings (SSSR count). The maximum atomic E-state index is 6.30. The van der Waals surface area contributed by atoms with Gasteiger partial charge in [0.15, 0.2) is 0 Å². The smallest absolute Gasteiger partial charge is 0.149 e. The van der Waals surface area contributed by atoms with E-state index in [-0.39, 0.29) is 10.3 Å².